The van der Waals surface area contributed by atoms with E-state index >= 15 is 0 Å². The molecule has 1 rings (SSSR count). The van der Waals surface area contributed by atoms with Gasteiger partial charge in [0.2, 0.25) is 0 Å². The van der Waals surface area contributed by atoms with E-state index in [1.807, 2.05) is 0 Å². The Morgan fingerprint density at radius 1 is 1.25 bits per heavy atom. The Labute approximate surface area is 117 Å². The summed E-state index contributed by atoms with van der Waals surface area (Å²) in [6.07, 6.45) is -10.3. The molecule has 0 saturated carbocycles. The Balaban J connectivity index is 3.65. The molecule has 0 fully saturated rings. The molecule has 11 heteroatoms. The maximum absolute atomic E-state index is 12.8. The molecule has 0 radical (unpaired) electrons. The van der Waals surface area contributed by atoms with Crippen LogP contribution in [-0.2, 0) is 12.1 Å². The molecule has 0 N–H and O–H groups in total. The normalized spacial score (nSPS) is 12.4. The van der Waals surface area contributed by atoms with E-state index in [-0.39, 0.29) is 0 Å². The van der Waals surface area contributed by atoms with Gasteiger partial charge in [0.1, 0.15) is 5.56 Å². The van der Waals surface area contributed by atoms with Crippen LogP contribution < -0.4 is 4.74 Å². The lowest BCUT2D eigenvalue weighted by atomic mass is 10.1. The van der Waals surface area contributed by atoms with Crippen molar-refractivity contribution in [2.75, 3.05) is 0 Å². The molecule has 0 atom stereocenters. The van der Waals surface area contributed by atoms with Crippen molar-refractivity contribution in [3.05, 3.63) is 23.0 Å². The van der Waals surface area contributed by atoms with Gasteiger partial charge in [-0.15, -0.1) is 24.8 Å². The molecule has 0 unspecified atom stereocenters. The maximum Gasteiger partial charge on any atom is 0.573 e. The fraction of sp³-hybridized carbons (Fsp3) is 0.333. The number of alkyl halides is 7. The molecule has 0 saturated heterocycles. The number of hydrogen-bond donors (Lipinski definition) is 0. The van der Waals surface area contributed by atoms with E-state index in [1.165, 1.54) is 0 Å². The van der Waals surface area contributed by atoms with Gasteiger partial charge in [0.25, 0.3) is 5.24 Å². The van der Waals surface area contributed by atoms with Crippen LogP contribution in [-0.4, -0.2) is 16.6 Å². The summed E-state index contributed by atoms with van der Waals surface area (Å²) in [5.41, 5.74) is -3.97. The van der Waals surface area contributed by atoms with Crippen LogP contribution in [0.1, 0.15) is 21.6 Å². The zero-order valence-corrected chi connectivity index (χ0v) is 10.6. The van der Waals surface area contributed by atoms with Crippen LogP contribution in [0.2, 0.25) is 0 Å². The summed E-state index contributed by atoms with van der Waals surface area (Å²) in [5, 5.41) is -1.58. The van der Waals surface area contributed by atoms with E-state index in [2.05, 4.69) is 9.72 Å². The van der Waals surface area contributed by atoms with Gasteiger partial charge in [-0.05, 0) is 11.6 Å². The second-order valence-corrected chi connectivity index (χ2v) is 3.89. The van der Waals surface area contributed by atoms with Crippen molar-refractivity contribution in [1.29, 1.82) is 0 Å². The molecule has 20 heavy (non-hydrogen) atoms. The van der Waals surface area contributed by atoms with E-state index in [0.29, 0.717) is 6.20 Å². The van der Waals surface area contributed by atoms with E-state index < -0.39 is 46.2 Å². The van der Waals surface area contributed by atoms with Crippen LogP contribution in [0, 0.1) is 0 Å². The first-order chi connectivity index (χ1) is 8.97. The minimum atomic E-state index is -5.45. The number of halogens is 8. The molecule has 0 aliphatic rings. The molecule has 0 aromatic carbocycles. The summed E-state index contributed by atoms with van der Waals surface area (Å²) in [6, 6.07) is 0. The molecule has 0 amide bonds. The van der Waals surface area contributed by atoms with Gasteiger partial charge in [-0.1, -0.05) is 0 Å². The molecular weight excluding hydrogens is 339 g/mol. The van der Waals surface area contributed by atoms with Gasteiger partial charge >= 0.3 is 12.5 Å². The Hall–Kier alpha value is -1.22. The zero-order valence-electron chi connectivity index (χ0n) is 9.07. The third-order valence-corrected chi connectivity index (χ3v) is 2.41. The highest BCUT2D eigenvalue weighted by Crippen LogP contribution is 2.42. The van der Waals surface area contributed by atoms with Crippen molar-refractivity contribution in [3.8, 4) is 5.75 Å². The fourth-order valence-corrected chi connectivity index (χ4v) is 1.62. The monoisotopic (exact) mass is 341 g/mol. The summed E-state index contributed by atoms with van der Waals surface area (Å²) in [4.78, 5) is 14.1. The Morgan fingerprint density at radius 2 is 1.80 bits per heavy atom. The molecule has 1 heterocycles. The summed E-state index contributed by atoms with van der Waals surface area (Å²) < 4.78 is 78.3. The van der Waals surface area contributed by atoms with Gasteiger partial charge in [0, 0.05) is 6.20 Å². The fourth-order valence-electron chi connectivity index (χ4n) is 1.29. The highest BCUT2D eigenvalue weighted by atomic mass is 35.5. The van der Waals surface area contributed by atoms with Crippen molar-refractivity contribution in [2.24, 2.45) is 0 Å². The van der Waals surface area contributed by atoms with E-state index in [0.717, 1.165) is 0 Å². The first kappa shape index (κ1) is 16.8. The van der Waals surface area contributed by atoms with Gasteiger partial charge in [0.15, 0.2) is 5.75 Å². The molecule has 112 valence electrons. The Morgan fingerprint density at radius 3 is 2.15 bits per heavy atom. The smallest absolute Gasteiger partial charge is 0.404 e. The third kappa shape index (κ3) is 3.89. The van der Waals surface area contributed by atoms with Crippen LogP contribution in [0.5, 0.6) is 5.75 Å². The Bertz CT molecular complexity index is 528. The lowest BCUT2D eigenvalue weighted by Crippen LogP contribution is -2.23. The summed E-state index contributed by atoms with van der Waals surface area (Å²) >= 11 is 10.1. The van der Waals surface area contributed by atoms with Crippen molar-refractivity contribution >= 4 is 28.4 Å². The van der Waals surface area contributed by atoms with Gasteiger partial charge in [-0.25, -0.2) is 0 Å². The first-order valence-electron chi connectivity index (χ1n) is 4.58. The van der Waals surface area contributed by atoms with E-state index in [1.54, 1.807) is 0 Å². The number of carbonyl (C=O) groups is 1. The lowest BCUT2D eigenvalue weighted by Gasteiger charge is -2.19. The molecule has 1 aromatic rings. The lowest BCUT2D eigenvalue weighted by molar-refractivity contribution is -0.276. The number of pyridine rings is 1. The van der Waals surface area contributed by atoms with Gasteiger partial charge in [0.05, 0.1) is 17.1 Å². The van der Waals surface area contributed by atoms with Crippen LogP contribution >= 0.6 is 23.2 Å². The van der Waals surface area contributed by atoms with Gasteiger partial charge in [-0.3, -0.25) is 9.78 Å². The van der Waals surface area contributed by atoms with Crippen LogP contribution in [0.4, 0.5) is 26.3 Å². The van der Waals surface area contributed by atoms with E-state index in [9.17, 15) is 31.1 Å². The van der Waals surface area contributed by atoms with Crippen LogP contribution in [0.25, 0.3) is 0 Å². The average Bonchev–Trinajstić information content (AvgIpc) is 2.23. The number of aromatic nitrogens is 1. The van der Waals surface area contributed by atoms with Crippen LogP contribution in [0.3, 0.4) is 0 Å². The highest BCUT2D eigenvalue weighted by Gasteiger charge is 2.43. The quantitative estimate of drug-likeness (QED) is 0.471. The number of carbonyl (C=O) groups excluding carboxylic acids is 1. The molecule has 0 aliphatic heterocycles. The Kier molecular flexibility index (Phi) is 4.75. The molecule has 1 aromatic heterocycles. The number of ether oxygens (including phenoxy) is 1. The van der Waals surface area contributed by atoms with Gasteiger partial charge < -0.3 is 4.74 Å². The highest BCUT2D eigenvalue weighted by molar-refractivity contribution is 6.68. The molecular formula is C9H3Cl2F6NO2. The summed E-state index contributed by atoms with van der Waals surface area (Å²) in [7, 11) is 0. The number of hydrogen-bond acceptors (Lipinski definition) is 3. The maximum atomic E-state index is 12.8. The second kappa shape index (κ2) is 5.65. The third-order valence-electron chi connectivity index (χ3n) is 1.95. The topological polar surface area (TPSA) is 39.2 Å². The number of nitrogens with zero attached hydrogens (tertiary/aromatic N) is 1. The minimum Gasteiger partial charge on any atom is -0.404 e. The minimum absolute atomic E-state index is 0.434. The van der Waals surface area contributed by atoms with Crippen LogP contribution in [0.15, 0.2) is 6.20 Å². The van der Waals surface area contributed by atoms with Crippen molar-refractivity contribution in [1.82, 2.24) is 4.98 Å². The van der Waals surface area contributed by atoms with Crippen molar-refractivity contribution in [2.45, 2.75) is 18.4 Å². The summed E-state index contributed by atoms with van der Waals surface area (Å²) in [6.45, 7) is 0. The molecule has 0 spiro atoms. The molecule has 0 bridgehead atoms. The SMILES string of the molecule is O=C(Cl)c1cnc(CCl)c(C(F)(F)F)c1OC(F)(F)F. The standard InChI is InChI=1S/C9H3Cl2F6NO2/c10-1-4-5(8(12,13)14)6(20-9(15,16)17)3(2-18-4)7(11)19/h2H,1H2. The summed E-state index contributed by atoms with van der Waals surface area (Å²) in [5.74, 6) is -2.60. The largest absolute Gasteiger partial charge is 0.573 e. The second-order valence-electron chi connectivity index (χ2n) is 3.28. The number of rotatable bonds is 3. The van der Waals surface area contributed by atoms with Crippen molar-refractivity contribution in [3.63, 3.8) is 0 Å². The molecule has 3 nitrogen and oxygen atoms in total. The van der Waals surface area contributed by atoms with E-state index in [4.69, 9.17) is 23.2 Å². The predicted octanol–water partition coefficient (Wildman–Crippen LogP) is 4.12. The average molecular weight is 342 g/mol. The molecule has 0 aliphatic carbocycles. The van der Waals surface area contributed by atoms with Gasteiger partial charge in [-0.2, -0.15) is 13.2 Å². The predicted molar refractivity (Wildman–Crippen MR) is 55.7 cm³/mol. The van der Waals surface area contributed by atoms with Crippen molar-refractivity contribution < 1.29 is 35.9 Å². The zero-order chi connectivity index (χ0) is 15.7. The first-order valence-corrected chi connectivity index (χ1v) is 5.49.